The van der Waals surface area contributed by atoms with Crippen molar-refractivity contribution in [3.63, 3.8) is 0 Å². The summed E-state index contributed by atoms with van der Waals surface area (Å²) in [5.41, 5.74) is 5.83. The van der Waals surface area contributed by atoms with Crippen LogP contribution in [0.3, 0.4) is 0 Å². The number of carbonyl (C=O) groups excluding carboxylic acids is 1. The molecule has 0 unspecified atom stereocenters. The SMILES string of the molecule is CC(C)c1cccc(C(C)C)c1NC(=O)CNCC(c1ccccc1)c1ccccc1. The highest BCUT2D eigenvalue weighted by atomic mass is 16.1. The van der Waals surface area contributed by atoms with Gasteiger partial charge in [0, 0.05) is 18.2 Å². The van der Waals surface area contributed by atoms with E-state index in [0.29, 0.717) is 18.4 Å². The van der Waals surface area contributed by atoms with Gasteiger partial charge >= 0.3 is 0 Å². The van der Waals surface area contributed by atoms with Crippen molar-refractivity contribution in [2.24, 2.45) is 0 Å². The molecule has 0 aromatic heterocycles. The molecule has 3 aromatic carbocycles. The normalized spacial score (nSPS) is 11.3. The monoisotopic (exact) mass is 414 g/mol. The fourth-order valence-electron chi connectivity index (χ4n) is 4.01. The van der Waals surface area contributed by atoms with E-state index in [1.165, 1.54) is 22.3 Å². The molecule has 0 radical (unpaired) electrons. The van der Waals surface area contributed by atoms with E-state index in [9.17, 15) is 4.79 Å². The molecule has 0 saturated heterocycles. The number of para-hydroxylation sites is 1. The van der Waals surface area contributed by atoms with Crippen molar-refractivity contribution in [3.05, 3.63) is 101 Å². The van der Waals surface area contributed by atoms with Crippen LogP contribution in [0.5, 0.6) is 0 Å². The maximum absolute atomic E-state index is 12.8. The van der Waals surface area contributed by atoms with E-state index in [1.807, 2.05) is 12.1 Å². The summed E-state index contributed by atoms with van der Waals surface area (Å²) in [6.45, 7) is 9.63. The Labute approximate surface area is 186 Å². The van der Waals surface area contributed by atoms with Gasteiger partial charge in [0.05, 0.1) is 6.54 Å². The van der Waals surface area contributed by atoms with Crippen LogP contribution in [-0.2, 0) is 4.79 Å². The van der Waals surface area contributed by atoms with Crippen LogP contribution in [0.1, 0.15) is 67.7 Å². The zero-order valence-corrected chi connectivity index (χ0v) is 19.1. The van der Waals surface area contributed by atoms with E-state index in [0.717, 1.165) is 5.69 Å². The molecule has 3 rings (SSSR count). The Balaban J connectivity index is 1.69. The quantitative estimate of drug-likeness (QED) is 0.432. The Hall–Kier alpha value is -2.91. The molecule has 0 aliphatic heterocycles. The summed E-state index contributed by atoms with van der Waals surface area (Å²) in [5.74, 6) is 0.893. The van der Waals surface area contributed by atoms with Crippen molar-refractivity contribution in [2.75, 3.05) is 18.4 Å². The Morgan fingerprint density at radius 1 is 0.710 bits per heavy atom. The zero-order valence-electron chi connectivity index (χ0n) is 19.1. The number of hydrogen-bond donors (Lipinski definition) is 2. The van der Waals surface area contributed by atoms with Crippen LogP contribution in [0, 0.1) is 0 Å². The lowest BCUT2D eigenvalue weighted by atomic mass is 9.91. The highest BCUT2D eigenvalue weighted by molar-refractivity contribution is 5.94. The van der Waals surface area contributed by atoms with Gasteiger partial charge in [0.25, 0.3) is 0 Å². The first kappa shape index (κ1) is 22.8. The van der Waals surface area contributed by atoms with Gasteiger partial charge in [-0.1, -0.05) is 107 Å². The first-order valence-corrected chi connectivity index (χ1v) is 11.2. The van der Waals surface area contributed by atoms with Crippen molar-refractivity contribution in [1.82, 2.24) is 5.32 Å². The summed E-state index contributed by atoms with van der Waals surface area (Å²) >= 11 is 0. The van der Waals surface area contributed by atoms with Crippen LogP contribution >= 0.6 is 0 Å². The van der Waals surface area contributed by atoms with Crippen molar-refractivity contribution in [2.45, 2.75) is 45.4 Å². The first-order chi connectivity index (χ1) is 15.0. The van der Waals surface area contributed by atoms with Gasteiger partial charge in [-0.2, -0.15) is 0 Å². The van der Waals surface area contributed by atoms with Crippen molar-refractivity contribution < 1.29 is 4.79 Å². The molecular weight excluding hydrogens is 380 g/mol. The lowest BCUT2D eigenvalue weighted by Gasteiger charge is -2.21. The minimum absolute atomic E-state index is 0.00475. The van der Waals surface area contributed by atoms with Gasteiger partial charge in [0.1, 0.15) is 0 Å². The maximum atomic E-state index is 12.8. The summed E-state index contributed by atoms with van der Waals surface area (Å²) in [6, 6.07) is 27.2. The van der Waals surface area contributed by atoms with Gasteiger partial charge in [-0.25, -0.2) is 0 Å². The predicted octanol–water partition coefficient (Wildman–Crippen LogP) is 6.29. The number of rotatable bonds is 9. The van der Waals surface area contributed by atoms with Gasteiger partial charge in [-0.15, -0.1) is 0 Å². The zero-order chi connectivity index (χ0) is 22.2. The average molecular weight is 415 g/mol. The second-order valence-electron chi connectivity index (χ2n) is 8.67. The summed E-state index contributed by atoms with van der Waals surface area (Å²) in [7, 11) is 0. The summed E-state index contributed by atoms with van der Waals surface area (Å²) < 4.78 is 0. The molecule has 0 aliphatic rings. The van der Waals surface area contributed by atoms with E-state index in [2.05, 4.69) is 105 Å². The second-order valence-corrected chi connectivity index (χ2v) is 8.67. The number of nitrogens with one attached hydrogen (secondary N) is 2. The molecule has 162 valence electrons. The van der Waals surface area contributed by atoms with Crippen LogP contribution in [0.4, 0.5) is 5.69 Å². The summed E-state index contributed by atoms with van der Waals surface area (Å²) in [6.07, 6.45) is 0. The Morgan fingerprint density at radius 2 is 1.19 bits per heavy atom. The minimum Gasteiger partial charge on any atom is -0.324 e. The number of carbonyl (C=O) groups is 1. The topological polar surface area (TPSA) is 41.1 Å². The molecule has 0 fully saturated rings. The molecule has 1 amide bonds. The Kier molecular flexibility index (Phi) is 8.02. The van der Waals surface area contributed by atoms with Gasteiger partial charge in [-0.3, -0.25) is 4.79 Å². The average Bonchev–Trinajstić information content (AvgIpc) is 2.77. The van der Waals surface area contributed by atoms with Gasteiger partial charge in [-0.05, 0) is 34.1 Å². The van der Waals surface area contributed by atoms with Gasteiger partial charge < -0.3 is 10.6 Å². The Bertz CT molecular complexity index is 899. The third-order valence-corrected chi connectivity index (χ3v) is 5.68. The molecule has 31 heavy (non-hydrogen) atoms. The largest absolute Gasteiger partial charge is 0.324 e. The van der Waals surface area contributed by atoms with Crippen molar-refractivity contribution >= 4 is 11.6 Å². The van der Waals surface area contributed by atoms with Gasteiger partial charge in [0.15, 0.2) is 0 Å². The van der Waals surface area contributed by atoms with Gasteiger partial charge in [0.2, 0.25) is 5.91 Å². The molecule has 0 spiro atoms. The predicted molar refractivity (Wildman–Crippen MR) is 131 cm³/mol. The molecule has 0 saturated carbocycles. The lowest BCUT2D eigenvalue weighted by molar-refractivity contribution is -0.115. The second kappa shape index (κ2) is 10.9. The molecule has 2 N–H and O–H groups in total. The number of amides is 1. The molecule has 0 heterocycles. The molecule has 3 nitrogen and oxygen atoms in total. The van der Waals surface area contributed by atoms with Crippen molar-refractivity contribution in [3.8, 4) is 0 Å². The number of anilines is 1. The highest BCUT2D eigenvalue weighted by Gasteiger charge is 2.17. The lowest BCUT2D eigenvalue weighted by Crippen LogP contribution is -2.32. The number of hydrogen-bond acceptors (Lipinski definition) is 2. The van der Waals surface area contributed by atoms with Crippen LogP contribution in [0.25, 0.3) is 0 Å². The third-order valence-electron chi connectivity index (χ3n) is 5.68. The Morgan fingerprint density at radius 3 is 1.65 bits per heavy atom. The van der Waals surface area contributed by atoms with Crippen LogP contribution < -0.4 is 10.6 Å². The molecule has 0 bridgehead atoms. The van der Waals surface area contributed by atoms with Crippen LogP contribution in [0.15, 0.2) is 78.9 Å². The van der Waals surface area contributed by atoms with E-state index < -0.39 is 0 Å². The molecule has 0 atom stereocenters. The molecule has 3 heteroatoms. The van der Waals surface area contributed by atoms with Crippen molar-refractivity contribution in [1.29, 1.82) is 0 Å². The van der Waals surface area contributed by atoms with Crippen LogP contribution in [-0.4, -0.2) is 19.0 Å². The van der Waals surface area contributed by atoms with E-state index in [1.54, 1.807) is 0 Å². The maximum Gasteiger partial charge on any atom is 0.238 e. The smallest absolute Gasteiger partial charge is 0.238 e. The first-order valence-electron chi connectivity index (χ1n) is 11.2. The van der Waals surface area contributed by atoms with E-state index in [-0.39, 0.29) is 18.4 Å². The molecule has 3 aromatic rings. The van der Waals surface area contributed by atoms with Crippen LogP contribution in [0.2, 0.25) is 0 Å². The minimum atomic E-state index is -0.00475. The fraction of sp³-hybridized carbons (Fsp3) is 0.321. The highest BCUT2D eigenvalue weighted by Crippen LogP contribution is 2.32. The summed E-state index contributed by atoms with van der Waals surface area (Å²) in [5, 5.41) is 6.58. The summed E-state index contributed by atoms with van der Waals surface area (Å²) in [4.78, 5) is 12.8. The number of benzene rings is 3. The van der Waals surface area contributed by atoms with E-state index in [4.69, 9.17) is 0 Å². The molecular formula is C28H34N2O. The standard InChI is InChI=1S/C28H34N2O/c1-20(2)24-16-11-17-25(21(3)4)28(24)30-27(31)19-29-18-26(22-12-7-5-8-13-22)23-14-9-6-10-15-23/h5-17,20-21,26,29H,18-19H2,1-4H3,(H,30,31). The third kappa shape index (κ3) is 6.05. The fourth-order valence-corrected chi connectivity index (χ4v) is 4.01. The molecule has 0 aliphatic carbocycles. The van der Waals surface area contributed by atoms with E-state index >= 15 is 0 Å².